The van der Waals surface area contributed by atoms with Crippen molar-refractivity contribution >= 4 is 0 Å². The van der Waals surface area contributed by atoms with Crippen molar-refractivity contribution in [2.45, 2.75) is 6.92 Å². The van der Waals surface area contributed by atoms with E-state index < -0.39 is 5.82 Å². The maximum atomic E-state index is 13.1. The van der Waals surface area contributed by atoms with Crippen molar-refractivity contribution in [1.29, 1.82) is 0 Å². The molecular weight excluding hydrogens is 207 g/mol. The SMILES string of the molecule is Cc1cc(O)cc(-c2cc(F)ccc2O)c1. The Morgan fingerprint density at radius 2 is 1.75 bits per heavy atom. The number of aromatic hydroxyl groups is 2. The Labute approximate surface area is 92.6 Å². The molecule has 0 unspecified atom stereocenters. The fourth-order valence-electron chi connectivity index (χ4n) is 1.66. The zero-order chi connectivity index (χ0) is 11.7. The van der Waals surface area contributed by atoms with Gasteiger partial charge in [-0.1, -0.05) is 6.07 Å². The number of hydrogen-bond donors (Lipinski definition) is 2. The summed E-state index contributed by atoms with van der Waals surface area (Å²) in [5.41, 5.74) is 1.81. The minimum atomic E-state index is -0.422. The first-order valence-corrected chi connectivity index (χ1v) is 4.86. The Kier molecular flexibility index (Phi) is 2.52. The second-order valence-corrected chi connectivity index (χ2v) is 3.72. The van der Waals surface area contributed by atoms with E-state index >= 15 is 0 Å². The van der Waals surface area contributed by atoms with Gasteiger partial charge < -0.3 is 10.2 Å². The molecule has 16 heavy (non-hydrogen) atoms. The topological polar surface area (TPSA) is 40.5 Å². The van der Waals surface area contributed by atoms with Crippen LogP contribution in [-0.4, -0.2) is 10.2 Å². The van der Waals surface area contributed by atoms with E-state index in [1.165, 1.54) is 24.3 Å². The smallest absolute Gasteiger partial charge is 0.124 e. The zero-order valence-corrected chi connectivity index (χ0v) is 8.74. The number of benzene rings is 2. The average Bonchev–Trinajstić information content (AvgIpc) is 2.20. The van der Waals surface area contributed by atoms with Crippen molar-refractivity contribution < 1.29 is 14.6 Å². The van der Waals surface area contributed by atoms with Crippen molar-refractivity contribution in [3.63, 3.8) is 0 Å². The number of phenolic OH excluding ortho intramolecular Hbond substituents is 2. The molecule has 0 radical (unpaired) electrons. The van der Waals surface area contributed by atoms with Gasteiger partial charge in [-0.15, -0.1) is 0 Å². The highest BCUT2D eigenvalue weighted by molar-refractivity contribution is 5.71. The lowest BCUT2D eigenvalue weighted by Crippen LogP contribution is -1.83. The van der Waals surface area contributed by atoms with Gasteiger partial charge in [0.1, 0.15) is 17.3 Å². The quantitative estimate of drug-likeness (QED) is 0.771. The molecule has 0 spiro atoms. The number of halogens is 1. The van der Waals surface area contributed by atoms with Crippen LogP contribution in [0.5, 0.6) is 11.5 Å². The molecule has 0 heterocycles. The van der Waals surface area contributed by atoms with E-state index in [0.29, 0.717) is 11.1 Å². The fraction of sp³-hybridized carbons (Fsp3) is 0.0769. The van der Waals surface area contributed by atoms with Crippen molar-refractivity contribution in [2.24, 2.45) is 0 Å². The maximum absolute atomic E-state index is 13.1. The predicted octanol–water partition coefficient (Wildman–Crippen LogP) is 3.21. The summed E-state index contributed by atoms with van der Waals surface area (Å²) in [6, 6.07) is 8.58. The molecule has 2 N–H and O–H groups in total. The van der Waals surface area contributed by atoms with E-state index in [-0.39, 0.29) is 11.5 Å². The summed E-state index contributed by atoms with van der Waals surface area (Å²) in [6.07, 6.45) is 0. The van der Waals surface area contributed by atoms with E-state index in [4.69, 9.17) is 0 Å². The van der Waals surface area contributed by atoms with Gasteiger partial charge in [0, 0.05) is 5.56 Å². The lowest BCUT2D eigenvalue weighted by molar-refractivity contribution is 0.473. The van der Waals surface area contributed by atoms with Crippen LogP contribution in [0.25, 0.3) is 11.1 Å². The van der Waals surface area contributed by atoms with Crippen molar-refractivity contribution in [2.75, 3.05) is 0 Å². The van der Waals surface area contributed by atoms with Crippen LogP contribution in [-0.2, 0) is 0 Å². The van der Waals surface area contributed by atoms with E-state index in [1.807, 2.05) is 6.92 Å². The Balaban J connectivity index is 2.62. The van der Waals surface area contributed by atoms with Crippen LogP contribution in [0, 0.1) is 12.7 Å². The van der Waals surface area contributed by atoms with Gasteiger partial charge in [-0.3, -0.25) is 0 Å². The Hall–Kier alpha value is -2.03. The fourth-order valence-corrected chi connectivity index (χ4v) is 1.66. The molecule has 0 aliphatic rings. The molecule has 0 atom stereocenters. The molecule has 82 valence electrons. The number of hydrogen-bond acceptors (Lipinski definition) is 2. The summed E-state index contributed by atoms with van der Waals surface area (Å²) in [7, 11) is 0. The van der Waals surface area contributed by atoms with Crippen molar-refractivity contribution in [1.82, 2.24) is 0 Å². The number of aryl methyl sites for hydroxylation is 1. The molecule has 0 bridgehead atoms. The minimum absolute atomic E-state index is 0.00796. The van der Waals surface area contributed by atoms with Gasteiger partial charge in [-0.25, -0.2) is 4.39 Å². The molecule has 0 aliphatic carbocycles. The molecule has 2 aromatic carbocycles. The summed E-state index contributed by atoms with van der Waals surface area (Å²) in [5, 5.41) is 19.1. The maximum Gasteiger partial charge on any atom is 0.124 e. The van der Waals surface area contributed by atoms with Gasteiger partial charge in [0.05, 0.1) is 0 Å². The molecule has 0 amide bonds. The third-order valence-corrected chi connectivity index (χ3v) is 2.33. The largest absolute Gasteiger partial charge is 0.508 e. The first-order valence-electron chi connectivity index (χ1n) is 4.86. The van der Waals surface area contributed by atoms with E-state index in [0.717, 1.165) is 5.56 Å². The molecule has 0 saturated carbocycles. The van der Waals surface area contributed by atoms with Gasteiger partial charge >= 0.3 is 0 Å². The molecule has 3 heteroatoms. The summed E-state index contributed by atoms with van der Waals surface area (Å²) in [5.74, 6) is -0.334. The summed E-state index contributed by atoms with van der Waals surface area (Å²) in [6.45, 7) is 1.82. The first-order chi connectivity index (χ1) is 7.56. The number of rotatable bonds is 1. The van der Waals surface area contributed by atoms with E-state index in [9.17, 15) is 14.6 Å². The second-order valence-electron chi connectivity index (χ2n) is 3.72. The molecule has 2 rings (SSSR count). The van der Waals surface area contributed by atoms with Crippen molar-refractivity contribution in [3.8, 4) is 22.6 Å². The third-order valence-electron chi connectivity index (χ3n) is 2.33. The second kappa shape index (κ2) is 3.85. The summed E-state index contributed by atoms with van der Waals surface area (Å²) in [4.78, 5) is 0. The van der Waals surface area contributed by atoms with Crippen LogP contribution in [0.4, 0.5) is 4.39 Å². The molecule has 0 aliphatic heterocycles. The number of phenols is 2. The van der Waals surface area contributed by atoms with Gasteiger partial charge in [-0.05, 0) is 48.4 Å². The molecule has 2 nitrogen and oxygen atoms in total. The van der Waals surface area contributed by atoms with Crippen LogP contribution in [0.1, 0.15) is 5.56 Å². The summed E-state index contributed by atoms with van der Waals surface area (Å²) >= 11 is 0. The van der Waals surface area contributed by atoms with Crippen LogP contribution in [0.3, 0.4) is 0 Å². The molecule has 0 aromatic heterocycles. The zero-order valence-electron chi connectivity index (χ0n) is 8.74. The standard InChI is InChI=1S/C13H11FO2/c1-8-4-9(6-11(15)5-8)12-7-10(14)2-3-13(12)16/h2-7,15-16H,1H3. The third kappa shape index (κ3) is 1.98. The lowest BCUT2D eigenvalue weighted by atomic mass is 10.0. The molecule has 2 aromatic rings. The lowest BCUT2D eigenvalue weighted by Gasteiger charge is -2.06. The van der Waals surface area contributed by atoms with E-state index in [2.05, 4.69) is 0 Å². The monoisotopic (exact) mass is 218 g/mol. The first kappa shape index (κ1) is 10.5. The highest BCUT2D eigenvalue weighted by Crippen LogP contribution is 2.32. The minimum Gasteiger partial charge on any atom is -0.508 e. The summed E-state index contributed by atoms with van der Waals surface area (Å²) < 4.78 is 13.1. The highest BCUT2D eigenvalue weighted by atomic mass is 19.1. The molecular formula is C13H11FO2. The van der Waals surface area contributed by atoms with Gasteiger partial charge in [-0.2, -0.15) is 0 Å². The Morgan fingerprint density at radius 3 is 2.44 bits per heavy atom. The molecule has 0 saturated heterocycles. The van der Waals surface area contributed by atoms with Gasteiger partial charge in [0.15, 0.2) is 0 Å². The van der Waals surface area contributed by atoms with Gasteiger partial charge in [0.25, 0.3) is 0 Å². The molecule has 0 fully saturated rings. The normalized spacial score (nSPS) is 10.4. The Morgan fingerprint density at radius 1 is 1.00 bits per heavy atom. The van der Waals surface area contributed by atoms with E-state index in [1.54, 1.807) is 12.1 Å². The van der Waals surface area contributed by atoms with Crippen LogP contribution in [0.2, 0.25) is 0 Å². The van der Waals surface area contributed by atoms with Crippen LogP contribution in [0.15, 0.2) is 36.4 Å². The van der Waals surface area contributed by atoms with Crippen molar-refractivity contribution in [3.05, 3.63) is 47.8 Å². The van der Waals surface area contributed by atoms with Crippen LogP contribution >= 0.6 is 0 Å². The average molecular weight is 218 g/mol. The predicted molar refractivity (Wildman–Crippen MR) is 59.9 cm³/mol. The highest BCUT2D eigenvalue weighted by Gasteiger charge is 2.07. The Bertz CT molecular complexity index is 515. The van der Waals surface area contributed by atoms with Gasteiger partial charge in [0.2, 0.25) is 0 Å². The van der Waals surface area contributed by atoms with Crippen LogP contribution < -0.4 is 0 Å².